The van der Waals surface area contributed by atoms with Crippen molar-refractivity contribution in [3.05, 3.63) is 35.1 Å². The molecule has 1 rings (SSSR count). The number of amides is 1. The van der Waals surface area contributed by atoms with Gasteiger partial charge < -0.3 is 10.6 Å². The van der Waals surface area contributed by atoms with Crippen LogP contribution in [0, 0.1) is 23.1 Å². The van der Waals surface area contributed by atoms with Gasteiger partial charge in [0.1, 0.15) is 5.82 Å². The van der Waals surface area contributed by atoms with E-state index in [1.807, 2.05) is 19.9 Å². The van der Waals surface area contributed by atoms with Gasteiger partial charge in [0.25, 0.3) is 0 Å². The Balaban J connectivity index is 2.78. The zero-order valence-corrected chi connectivity index (χ0v) is 11.9. The fraction of sp³-hybridized carbons (Fsp3) is 0.467. The van der Waals surface area contributed by atoms with Crippen LogP contribution in [-0.2, 0) is 11.3 Å². The molecule has 0 aliphatic carbocycles. The first-order valence-electron chi connectivity index (χ1n) is 6.68. The van der Waals surface area contributed by atoms with E-state index in [-0.39, 0.29) is 23.9 Å². The van der Waals surface area contributed by atoms with Gasteiger partial charge in [-0.1, -0.05) is 13.0 Å². The number of rotatable bonds is 6. The van der Waals surface area contributed by atoms with E-state index in [9.17, 15) is 9.18 Å². The van der Waals surface area contributed by atoms with Crippen LogP contribution < -0.4 is 5.73 Å². The van der Waals surface area contributed by atoms with E-state index in [0.717, 1.165) is 0 Å². The summed E-state index contributed by atoms with van der Waals surface area (Å²) in [7, 11) is 0. The van der Waals surface area contributed by atoms with Crippen LogP contribution in [0.25, 0.3) is 0 Å². The van der Waals surface area contributed by atoms with E-state index in [1.54, 1.807) is 17.0 Å². The van der Waals surface area contributed by atoms with Gasteiger partial charge in [-0.2, -0.15) is 5.26 Å². The van der Waals surface area contributed by atoms with Gasteiger partial charge in [-0.3, -0.25) is 4.79 Å². The second kappa shape index (κ2) is 7.61. The van der Waals surface area contributed by atoms with Crippen molar-refractivity contribution in [3.63, 3.8) is 0 Å². The highest BCUT2D eigenvalue weighted by atomic mass is 19.1. The monoisotopic (exact) mass is 277 g/mol. The largest absolute Gasteiger partial charge is 0.339 e. The average molecular weight is 277 g/mol. The van der Waals surface area contributed by atoms with E-state index in [0.29, 0.717) is 25.1 Å². The zero-order valence-electron chi connectivity index (χ0n) is 11.9. The first kappa shape index (κ1) is 16.1. The van der Waals surface area contributed by atoms with Crippen LogP contribution >= 0.6 is 0 Å². The third kappa shape index (κ3) is 4.32. The standard InChI is InChI=1S/C15H20FN3O/c1-3-19(15(20)6-11(2)8-17)10-13-5-4-12(9-18)7-14(13)16/h4-5,7,11H,3,6,8,10,17H2,1-2H3. The molecule has 108 valence electrons. The van der Waals surface area contributed by atoms with Crippen molar-refractivity contribution < 1.29 is 9.18 Å². The van der Waals surface area contributed by atoms with Crippen LogP contribution in [0.3, 0.4) is 0 Å². The molecule has 5 heteroatoms. The minimum Gasteiger partial charge on any atom is -0.339 e. The summed E-state index contributed by atoms with van der Waals surface area (Å²) in [5, 5.41) is 8.70. The fourth-order valence-electron chi connectivity index (χ4n) is 1.84. The molecule has 0 saturated carbocycles. The summed E-state index contributed by atoms with van der Waals surface area (Å²) in [6.07, 6.45) is 0.363. The smallest absolute Gasteiger partial charge is 0.223 e. The van der Waals surface area contributed by atoms with Gasteiger partial charge in [-0.25, -0.2) is 4.39 Å². The van der Waals surface area contributed by atoms with Crippen molar-refractivity contribution in [1.82, 2.24) is 4.90 Å². The van der Waals surface area contributed by atoms with Crippen LogP contribution in [-0.4, -0.2) is 23.9 Å². The number of hydrogen-bond donors (Lipinski definition) is 1. The Morgan fingerprint density at radius 2 is 2.25 bits per heavy atom. The molecule has 1 aromatic rings. The lowest BCUT2D eigenvalue weighted by atomic mass is 10.1. The molecule has 1 amide bonds. The Labute approximate surface area is 119 Å². The number of nitriles is 1. The zero-order chi connectivity index (χ0) is 15.1. The number of halogens is 1. The van der Waals surface area contributed by atoms with E-state index < -0.39 is 5.82 Å². The van der Waals surface area contributed by atoms with Gasteiger partial charge in [0, 0.05) is 25.1 Å². The van der Waals surface area contributed by atoms with Crippen LogP contribution in [0.1, 0.15) is 31.4 Å². The number of nitrogens with zero attached hydrogens (tertiary/aromatic N) is 2. The van der Waals surface area contributed by atoms with Crippen molar-refractivity contribution in [2.45, 2.75) is 26.8 Å². The Morgan fingerprint density at radius 3 is 2.75 bits per heavy atom. The molecule has 1 aromatic carbocycles. The van der Waals surface area contributed by atoms with Gasteiger partial charge in [0.05, 0.1) is 11.6 Å². The van der Waals surface area contributed by atoms with Crippen LogP contribution in [0.15, 0.2) is 18.2 Å². The molecule has 0 aliphatic heterocycles. The predicted octanol–water partition coefficient (Wildman–Crippen LogP) is 2.03. The number of hydrogen-bond acceptors (Lipinski definition) is 3. The molecule has 4 nitrogen and oxygen atoms in total. The summed E-state index contributed by atoms with van der Waals surface area (Å²) in [5.74, 6) is -0.376. The van der Waals surface area contributed by atoms with E-state index in [4.69, 9.17) is 11.0 Å². The Hall–Kier alpha value is -1.93. The third-order valence-electron chi connectivity index (χ3n) is 3.20. The number of nitrogens with two attached hydrogens (primary N) is 1. The van der Waals surface area contributed by atoms with Gasteiger partial charge in [0.15, 0.2) is 0 Å². The highest BCUT2D eigenvalue weighted by Gasteiger charge is 2.16. The molecule has 0 aliphatic rings. The molecule has 0 radical (unpaired) electrons. The van der Waals surface area contributed by atoms with Gasteiger partial charge >= 0.3 is 0 Å². The lowest BCUT2D eigenvalue weighted by Gasteiger charge is -2.22. The summed E-state index contributed by atoms with van der Waals surface area (Å²) in [5.41, 5.74) is 6.20. The van der Waals surface area contributed by atoms with Crippen LogP contribution in [0.2, 0.25) is 0 Å². The Bertz CT molecular complexity index is 510. The maximum atomic E-state index is 13.8. The lowest BCUT2D eigenvalue weighted by molar-refractivity contribution is -0.132. The first-order chi connectivity index (χ1) is 9.51. The van der Waals surface area contributed by atoms with E-state index >= 15 is 0 Å². The molecule has 0 saturated heterocycles. The van der Waals surface area contributed by atoms with Crippen molar-refractivity contribution in [2.24, 2.45) is 11.7 Å². The highest BCUT2D eigenvalue weighted by Crippen LogP contribution is 2.14. The van der Waals surface area contributed by atoms with Crippen LogP contribution in [0.5, 0.6) is 0 Å². The Morgan fingerprint density at radius 1 is 1.55 bits per heavy atom. The molecule has 1 atom stereocenters. The molecule has 20 heavy (non-hydrogen) atoms. The SMILES string of the molecule is CCN(Cc1ccc(C#N)cc1F)C(=O)CC(C)CN. The van der Waals surface area contributed by atoms with Crippen molar-refractivity contribution >= 4 is 5.91 Å². The highest BCUT2D eigenvalue weighted by molar-refractivity contribution is 5.76. The summed E-state index contributed by atoms with van der Waals surface area (Å²) < 4.78 is 13.8. The fourth-order valence-corrected chi connectivity index (χ4v) is 1.84. The van der Waals surface area contributed by atoms with Gasteiger partial charge in [0.2, 0.25) is 5.91 Å². The normalized spacial score (nSPS) is 11.8. The van der Waals surface area contributed by atoms with E-state index in [1.165, 1.54) is 6.07 Å². The maximum Gasteiger partial charge on any atom is 0.223 e. The first-order valence-corrected chi connectivity index (χ1v) is 6.68. The minimum atomic E-state index is -0.456. The van der Waals surface area contributed by atoms with Gasteiger partial charge in [-0.15, -0.1) is 0 Å². The van der Waals surface area contributed by atoms with E-state index in [2.05, 4.69) is 0 Å². The second-order valence-electron chi connectivity index (χ2n) is 4.87. The topological polar surface area (TPSA) is 70.1 Å². The molecule has 2 N–H and O–H groups in total. The number of benzene rings is 1. The molecule has 0 heterocycles. The minimum absolute atomic E-state index is 0.0331. The van der Waals surface area contributed by atoms with Crippen LogP contribution in [0.4, 0.5) is 4.39 Å². The summed E-state index contributed by atoms with van der Waals surface area (Å²) in [6, 6.07) is 6.18. The molecule has 0 aromatic heterocycles. The molecule has 0 fully saturated rings. The predicted molar refractivity (Wildman–Crippen MR) is 75.0 cm³/mol. The molecule has 0 bridgehead atoms. The summed E-state index contributed by atoms with van der Waals surface area (Å²) in [6.45, 7) is 4.94. The van der Waals surface area contributed by atoms with Crippen molar-refractivity contribution in [3.8, 4) is 6.07 Å². The maximum absolute atomic E-state index is 13.8. The number of carbonyl (C=O) groups is 1. The quantitative estimate of drug-likeness (QED) is 0.865. The molecule has 1 unspecified atom stereocenters. The number of carbonyl (C=O) groups excluding carboxylic acids is 1. The second-order valence-corrected chi connectivity index (χ2v) is 4.87. The molecular weight excluding hydrogens is 257 g/mol. The molecule has 0 spiro atoms. The van der Waals surface area contributed by atoms with Crippen molar-refractivity contribution in [2.75, 3.05) is 13.1 Å². The van der Waals surface area contributed by atoms with Crippen molar-refractivity contribution in [1.29, 1.82) is 5.26 Å². The summed E-state index contributed by atoms with van der Waals surface area (Å²) in [4.78, 5) is 13.7. The average Bonchev–Trinajstić information content (AvgIpc) is 2.45. The third-order valence-corrected chi connectivity index (χ3v) is 3.20. The van der Waals surface area contributed by atoms with Gasteiger partial charge in [-0.05, 0) is 31.5 Å². The Kier molecular flexibility index (Phi) is 6.13. The lowest BCUT2D eigenvalue weighted by Crippen LogP contribution is -2.32. The summed E-state index contributed by atoms with van der Waals surface area (Å²) >= 11 is 0. The molecular formula is C15H20FN3O.